The third-order valence-electron chi connectivity index (χ3n) is 2.76. The van der Waals surface area contributed by atoms with Crippen LogP contribution < -0.4 is 0 Å². The lowest BCUT2D eigenvalue weighted by atomic mass is 9.79. The number of hydrogen-bond acceptors (Lipinski definition) is 3. The van der Waals surface area contributed by atoms with Gasteiger partial charge in [0, 0.05) is 0 Å². The van der Waals surface area contributed by atoms with Crippen LogP contribution in [0.15, 0.2) is 0 Å². The highest BCUT2D eigenvalue weighted by Gasteiger charge is 2.38. The van der Waals surface area contributed by atoms with Gasteiger partial charge in [-0.2, -0.15) is 13.2 Å². The van der Waals surface area contributed by atoms with Crippen molar-refractivity contribution < 1.29 is 32.6 Å². The molecule has 2 unspecified atom stereocenters. The van der Waals surface area contributed by atoms with Crippen molar-refractivity contribution in [1.29, 1.82) is 0 Å². The summed E-state index contributed by atoms with van der Waals surface area (Å²) in [5.41, 5.74) is 0. The van der Waals surface area contributed by atoms with Crippen LogP contribution in [0, 0.1) is 11.8 Å². The topological polar surface area (TPSA) is 63.6 Å². The predicted molar refractivity (Wildman–Crippen MR) is 50.1 cm³/mol. The third kappa shape index (κ3) is 4.24. The molecule has 0 amide bonds. The minimum absolute atomic E-state index is 0.271. The molecule has 98 valence electrons. The van der Waals surface area contributed by atoms with Crippen LogP contribution in [0.1, 0.15) is 25.7 Å². The predicted octanol–water partition coefficient (Wildman–Crippen LogP) is 1.98. The first kappa shape index (κ1) is 13.8. The Morgan fingerprint density at radius 3 is 2.18 bits per heavy atom. The molecule has 1 aliphatic rings. The number of ether oxygens (including phenoxy) is 1. The van der Waals surface area contributed by atoms with Gasteiger partial charge in [0.1, 0.15) is 0 Å². The van der Waals surface area contributed by atoms with Gasteiger partial charge in [-0.3, -0.25) is 9.59 Å². The van der Waals surface area contributed by atoms with Gasteiger partial charge in [0.25, 0.3) is 0 Å². The van der Waals surface area contributed by atoms with E-state index in [1.807, 2.05) is 0 Å². The second kappa shape index (κ2) is 5.37. The molecule has 0 aliphatic heterocycles. The van der Waals surface area contributed by atoms with Crippen LogP contribution in [0.3, 0.4) is 0 Å². The maximum absolute atomic E-state index is 11.8. The van der Waals surface area contributed by atoms with Crippen molar-refractivity contribution in [3.05, 3.63) is 0 Å². The molecule has 1 saturated carbocycles. The monoisotopic (exact) mass is 254 g/mol. The zero-order valence-electron chi connectivity index (χ0n) is 9.00. The van der Waals surface area contributed by atoms with Crippen LogP contribution in [-0.2, 0) is 14.3 Å². The van der Waals surface area contributed by atoms with Crippen molar-refractivity contribution in [2.24, 2.45) is 11.8 Å². The van der Waals surface area contributed by atoms with Gasteiger partial charge in [-0.25, -0.2) is 0 Å². The van der Waals surface area contributed by atoms with Crippen molar-refractivity contribution >= 4 is 11.9 Å². The number of carbonyl (C=O) groups excluding carboxylic acids is 1. The standard InChI is InChI=1S/C10H13F3O4/c11-10(12,13)5-17-9(16)7-4-2-1-3-6(7)8(14)15/h6-7H,1-5H2,(H,14,15). The van der Waals surface area contributed by atoms with Gasteiger partial charge in [-0.15, -0.1) is 0 Å². The number of carboxylic acids is 1. The SMILES string of the molecule is O=C(O)C1CCCCC1C(=O)OCC(F)(F)F. The minimum atomic E-state index is -4.58. The number of rotatable bonds is 3. The Morgan fingerprint density at radius 1 is 1.18 bits per heavy atom. The Hall–Kier alpha value is -1.27. The lowest BCUT2D eigenvalue weighted by Gasteiger charge is -2.26. The summed E-state index contributed by atoms with van der Waals surface area (Å²) in [5, 5.41) is 8.86. The summed E-state index contributed by atoms with van der Waals surface area (Å²) < 4.78 is 39.6. The quantitative estimate of drug-likeness (QED) is 0.782. The second-order valence-corrected chi connectivity index (χ2v) is 4.06. The van der Waals surface area contributed by atoms with Crippen molar-refractivity contribution in [2.45, 2.75) is 31.9 Å². The molecule has 0 heterocycles. The molecule has 17 heavy (non-hydrogen) atoms. The maximum atomic E-state index is 11.8. The van der Waals surface area contributed by atoms with Gasteiger partial charge >= 0.3 is 18.1 Å². The van der Waals surface area contributed by atoms with E-state index < -0.39 is 36.6 Å². The Balaban J connectivity index is 2.56. The van der Waals surface area contributed by atoms with Gasteiger partial charge in [0.2, 0.25) is 0 Å². The Morgan fingerprint density at radius 2 is 1.71 bits per heavy atom. The highest BCUT2D eigenvalue weighted by molar-refractivity contribution is 5.81. The number of halogens is 3. The summed E-state index contributed by atoms with van der Waals surface area (Å²) in [4.78, 5) is 22.2. The van der Waals surface area contributed by atoms with Crippen LogP contribution >= 0.6 is 0 Å². The second-order valence-electron chi connectivity index (χ2n) is 4.06. The maximum Gasteiger partial charge on any atom is 0.422 e. The molecule has 0 aromatic carbocycles. The number of esters is 1. The highest BCUT2D eigenvalue weighted by atomic mass is 19.4. The Labute approximate surface area is 95.7 Å². The minimum Gasteiger partial charge on any atom is -0.481 e. The smallest absolute Gasteiger partial charge is 0.422 e. The number of carbonyl (C=O) groups is 2. The molecular weight excluding hydrogens is 241 g/mol. The molecule has 0 saturated heterocycles. The average Bonchev–Trinajstić information content (AvgIpc) is 2.25. The van der Waals surface area contributed by atoms with Crippen molar-refractivity contribution in [3.8, 4) is 0 Å². The molecule has 0 aromatic heterocycles. The molecule has 1 fully saturated rings. The number of aliphatic carboxylic acids is 1. The number of alkyl halides is 3. The first-order chi connectivity index (χ1) is 7.81. The van der Waals surface area contributed by atoms with E-state index in [2.05, 4.69) is 4.74 Å². The Bertz CT molecular complexity index is 300. The van der Waals surface area contributed by atoms with E-state index in [1.54, 1.807) is 0 Å². The van der Waals surface area contributed by atoms with Crippen LogP contribution in [0.5, 0.6) is 0 Å². The zero-order valence-corrected chi connectivity index (χ0v) is 9.00. The number of hydrogen-bond donors (Lipinski definition) is 1. The molecule has 1 N–H and O–H groups in total. The average molecular weight is 254 g/mol. The van der Waals surface area contributed by atoms with E-state index in [1.165, 1.54) is 0 Å². The molecule has 0 radical (unpaired) electrons. The molecular formula is C10H13F3O4. The van der Waals surface area contributed by atoms with E-state index in [9.17, 15) is 22.8 Å². The van der Waals surface area contributed by atoms with Gasteiger partial charge in [0.15, 0.2) is 6.61 Å². The van der Waals surface area contributed by atoms with Crippen LogP contribution in [-0.4, -0.2) is 29.8 Å². The van der Waals surface area contributed by atoms with Gasteiger partial charge in [-0.05, 0) is 12.8 Å². The van der Waals surface area contributed by atoms with E-state index in [0.717, 1.165) is 0 Å². The van der Waals surface area contributed by atoms with Crippen LogP contribution in [0.4, 0.5) is 13.2 Å². The molecule has 1 rings (SSSR count). The zero-order chi connectivity index (χ0) is 13.1. The molecule has 4 nitrogen and oxygen atoms in total. The summed E-state index contributed by atoms with van der Waals surface area (Å²) in [7, 11) is 0. The van der Waals surface area contributed by atoms with Gasteiger partial charge < -0.3 is 9.84 Å². The van der Waals surface area contributed by atoms with E-state index in [4.69, 9.17) is 5.11 Å². The normalized spacial score (nSPS) is 25.4. The summed E-state index contributed by atoms with van der Waals surface area (Å²) in [5.74, 6) is -4.10. The summed E-state index contributed by atoms with van der Waals surface area (Å²) in [6, 6.07) is 0. The summed E-state index contributed by atoms with van der Waals surface area (Å²) in [6.07, 6.45) is -2.70. The molecule has 0 aromatic rings. The fraction of sp³-hybridized carbons (Fsp3) is 0.800. The van der Waals surface area contributed by atoms with Crippen molar-refractivity contribution in [3.63, 3.8) is 0 Å². The fourth-order valence-electron chi connectivity index (χ4n) is 1.97. The Kier molecular flexibility index (Phi) is 4.36. The van der Waals surface area contributed by atoms with Crippen molar-refractivity contribution in [2.75, 3.05) is 6.61 Å². The lowest BCUT2D eigenvalue weighted by Crippen LogP contribution is -2.35. The highest BCUT2D eigenvalue weighted by Crippen LogP contribution is 2.31. The lowest BCUT2D eigenvalue weighted by molar-refractivity contribution is -0.192. The fourth-order valence-corrected chi connectivity index (χ4v) is 1.97. The molecule has 2 atom stereocenters. The van der Waals surface area contributed by atoms with Crippen molar-refractivity contribution in [1.82, 2.24) is 0 Å². The molecule has 0 spiro atoms. The van der Waals surface area contributed by atoms with E-state index in [-0.39, 0.29) is 6.42 Å². The molecule has 1 aliphatic carbocycles. The van der Waals surface area contributed by atoms with Gasteiger partial charge in [0.05, 0.1) is 11.8 Å². The first-order valence-electron chi connectivity index (χ1n) is 5.27. The molecule has 7 heteroatoms. The third-order valence-corrected chi connectivity index (χ3v) is 2.76. The largest absolute Gasteiger partial charge is 0.481 e. The summed E-state index contributed by atoms with van der Waals surface area (Å²) in [6.45, 7) is -1.66. The van der Waals surface area contributed by atoms with Crippen LogP contribution in [0.2, 0.25) is 0 Å². The summed E-state index contributed by atoms with van der Waals surface area (Å²) >= 11 is 0. The van der Waals surface area contributed by atoms with Crippen LogP contribution in [0.25, 0.3) is 0 Å². The first-order valence-corrected chi connectivity index (χ1v) is 5.27. The van der Waals surface area contributed by atoms with E-state index >= 15 is 0 Å². The van der Waals surface area contributed by atoms with E-state index in [0.29, 0.717) is 19.3 Å². The van der Waals surface area contributed by atoms with Gasteiger partial charge in [-0.1, -0.05) is 12.8 Å². The molecule has 0 bridgehead atoms. The number of carboxylic acid groups (broad SMARTS) is 1.